The van der Waals surface area contributed by atoms with Crippen LogP contribution in [-0.4, -0.2) is 33.7 Å². The number of amides is 1. The van der Waals surface area contributed by atoms with Gasteiger partial charge in [-0.25, -0.2) is 8.42 Å². The van der Waals surface area contributed by atoms with Gasteiger partial charge in [0.25, 0.3) is 0 Å². The van der Waals surface area contributed by atoms with Gasteiger partial charge in [-0.2, -0.15) is 0 Å². The number of hydrogen-bond donors (Lipinski definition) is 1. The summed E-state index contributed by atoms with van der Waals surface area (Å²) in [5, 5.41) is 2.83. The predicted octanol–water partition coefficient (Wildman–Crippen LogP) is 2.86. The molecule has 146 valence electrons. The summed E-state index contributed by atoms with van der Waals surface area (Å²) in [7, 11) is -2.07. The summed E-state index contributed by atoms with van der Waals surface area (Å²) in [5.74, 6) is 0.318. The molecule has 27 heavy (non-hydrogen) atoms. The Morgan fingerprint density at radius 2 is 1.78 bits per heavy atom. The summed E-state index contributed by atoms with van der Waals surface area (Å²) >= 11 is 0. The van der Waals surface area contributed by atoms with Gasteiger partial charge >= 0.3 is 0 Å². The Morgan fingerprint density at radius 1 is 1.15 bits per heavy atom. The van der Waals surface area contributed by atoms with E-state index in [1.54, 1.807) is 26.2 Å². The number of nitrogens with one attached hydrogen (secondary N) is 1. The lowest BCUT2D eigenvalue weighted by Gasteiger charge is -2.30. The maximum absolute atomic E-state index is 12.8. The Balaban J connectivity index is 2.25. The zero-order chi connectivity index (χ0) is 20.0. The topological polar surface area (TPSA) is 75.7 Å². The van der Waals surface area contributed by atoms with Crippen LogP contribution < -0.4 is 14.4 Å². The Hall–Kier alpha value is -2.54. The number of carbonyl (C=O) groups excluding carboxylic acids is 1. The minimum Gasteiger partial charge on any atom is -0.496 e. The molecule has 2 aromatic carbocycles. The average Bonchev–Trinajstić information content (AvgIpc) is 2.64. The summed E-state index contributed by atoms with van der Waals surface area (Å²) in [4.78, 5) is 12.8. The standard InChI is InChI=1S/C20H26N2O4S/c1-5-18(20(23)21-14-16-8-6-7-9-19(16)26-3)22(27(4,24)25)17-12-10-15(2)11-13-17/h6-13,18H,5,14H2,1-4H3,(H,21,23)/t18-/m0/s1. The molecule has 1 atom stereocenters. The fraction of sp³-hybridized carbons (Fsp3) is 0.350. The molecule has 0 radical (unpaired) electrons. The highest BCUT2D eigenvalue weighted by Crippen LogP contribution is 2.23. The number of anilines is 1. The Labute approximate surface area is 161 Å². The van der Waals surface area contributed by atoms with E-state index < -0.39 is 16.1 Å². The molecule has 2 rings (SSSR count). The molecule has 0 spiro atoms. The van der Waals surface area contributed by atoms with Crippen molar-refractivity contribution in [1.29, 1.82) is 0 Å². The van der Waals surface area contributed by atoms with Gasteiger partial charge < -0.3 is 10.1 Å². The van der Waals surface area contributed by atoms with Crippen LogP contribution >= 0.6 is 0 Å². The number of aryl methyl sites for hydroxylation is 1. The van der Waals surface area contributed by atoms with E-state index in [4.69, 9.17) is 4.74 Å². The molecule has 0 aliphatic carbocycles. The number of hydrogen-bond acceptors (Lipinski definition) is 4. The molecule has 0 bridgehead atoms. The first-order valence-electron chi connectivity index (χ1n) is 8.73. The van der Waals surface area contributed by atoms with E-state index in [9.17, 15) is 13.2 Å². The zero-order valence-electron chi connectivity index (χ0n) is 16.1. The summed E-state index contributed by atoms with van der Waals surface area (Å²) in [6.45, 7) is 3.97. The van der Waals surface area contributed by atoms with E-state index in [1.165, 1.54) is 4.31 Å². The number of methoxy groups -OCH3 is 1. The molecule has 2 aromatic rings. The van der Waals surface area contributed by atoms with Crippen molar-refractivity contribution < 1.29 is 17.9 Å². The van der Waals surface area contributed by atoms with Gasteiger partial charge in [0.15, 0.2) is 0 Å². The van der Waals surface area contributed by atoms with Gasteiger partial charge in [-0.05, 0) is 31.5 Å². The van der Waals surface area contributed by atoms with E-state index >= 15 is 0 Å². The molecule has 7 heteroatoms. The predicted molar refractivity (Wildman–Crippen MR) is 107 cm³/mol. The van der Waals surface area contributed by atoms with E-state index in [1.807, 2.05) is 43.3 Å². The van der Waals surface area contributed by atoms with Crippen LogP contribution in [0.1, 0.15) is 24.5 Å². The first-order valence-corrected chi connectivity index (χ1v) is 10.6. The first kappa shape index (κ1) is 20.8. The number of rotatable bonds is 8. The van der Waals surface area contributed by atoms with E-state index in [-0.39, 0.29) is 12.5 Å². The normalized spacial score (nSPS) is 12.3. The second kappa shape index (κ2) is 8.90. The highest BCUT2D eigenvalue weighted by Gasteiger charge is 2.31. The molecule has 0 heterocycles. The summed E-state index contributed by atoms with van der Waals surface area (Å²) in [6.07, 6.45) is 1.46. The van der Waals surface area contributed by atoms with Gasteiger partial charge in [-0.3, -0.25) is 9.10 Å². The van der Waals surface area contributed by atoms with Crippen LogP contribution in [0.15, 0.2) is 48.5 Å². The molecule has 6 nitrogen and oxygen atoms in total. The summed E-state index contributed by atoms with van der Waals surface area (Å²) in [5.41, 5.74) is 2.31. The Morgan fingerprint density at radius 3 is 2.33 bits per heavy atom. The van der Waals surface area contributed by atoms with Crippen LogP contribution in [0.25, 0.3) is 0 Å². The lowest BCUT2D eigenvalue weighted by atomic mass is 10.1. The third-order valence-electron chi connectivity index (χ3n) is 4.26. The Bertz CT molecular complexity index is 879. The number of carbonyl (C=O) groups is 1. The van der Waals surface area contributed by atoms with Crippen LogP contribution in [0.4, 0.5) is 5.69 Å². The number of benzene rings is 2. The minimum atomic E-state index is -3.64. The fourth-order valence-corrected chi connectivity index (χ4v) is 4.11. The first-order chi connectivity index (χ1) is 12.8. The summed E-state index contributed by atoms with van der Waals surface area (Å²) < 4.78 is 31.3. The number of para-hydroxylation sites is 1. The van der Waals surface area contributed by atoms with E-state index in [0.717, 1.165) is 17.4 Å². The van der Waals surface area contributed by atoms with Gasteiger partial charge in [0.05, 0.1) is 19.1 Å². The van der Waals surface area contributed by atoms with Crippen LogP contribution in [0, 0.1) is 6.92 Å². The highest BCUT2D eigenvalue weighted by molar-refractivity contribution is 7.92. The van der Waals surface area contributed by atoms with Gasteiger partial charge in [0, 0.05) is 12.1 Å². The average molecular weight is 391 g/mol. The lowest BCUT2D eigenvalue weighted by molar-refractivity contribution is -0.122. The molecule has 0 fully saturated rings. The largest absolute Gasteiger partial charge is 0.496 e. The van der Waals surface area contributed by atoms with Crippen LogP contribution in [-0.2, 0) is 21.4 Å². The summed E-state index contributed by atoms with van der Waals surface area (Å²) in [6, 6.07) is 13.6. The van der Waals surface area contributed by atoms with Crippen molar-refractivity contribution in [2.75, 3.05) is 17.7 Å². The zero-order valence-corrected chi connectivity index (χ0v) is 16.9. The SMILES string of the molecule is CC[C@@H](C(=O)NCc1ccccc1OC)N(c1ccc(C)cc1)S(C)(=O)=O. The van der Waals surface area contributed by atoms with Crippen molar-refractivity contribution in [3.63, 3.8) is 0 Å². The van der Waals surface area contributed by atoms with Crippen molar-refractivity contribution in [3.8, 4) is 5.75 Å². The number of nitrogens with zero attached hydrogens (tertiary/aromatic N) is 1. The molecule has 0 aromatic heterocycles. The maximum atomic E-state index is 12.8. The minimum absolute atomic E-state index is 0.255. The molecular formula is C20H26N2O4S. The molecule has 0 saturated heterocycles. The number of ether oxygens (including phenoxy) is 1. The van der Waals surface area contributed by atoms with Crippen LogP contribution in [0.2, 0.25) is 0 Å². The molecule has 0 aliphatic heterocycles. The van der Waals surface area contributed by atoms with Crippen molar-refractivity contribution in [3.05, 3.63) is 59.7 Å². The second-order valence-electron chi connectivity index (χ2n) is 6.35. The van der Waals surface area contributed by atoms with E-state index in [0.29, 0.717) is 17.9 Å². The lowest BCUT2D eigenvalue weighted by Crippen LogP contribution is -2.49. The third kappa shape index (κ3) is 5.23. The van der Waals surface area contributed by atoms with Crippen molar-refractivity contribution in [1.82, 2.24) is 5.32 Å². The van der Waals surface area contributed by atoms with Crippen LogP contribution in [0.5, 0.6) is 5.75 Å². The quantitative estimate of drug-likeness (QED) is 0.752. The monoisotopic (exact) mass is 390 g/mol. The molecular weight excluding hydrogens is 364 g/mol. The van der Waals surface area contributed by atoms with Crippen LogP contribution in [0.3, 0.4) is 0 Å². The molecule has 0 aliphatic rings. The van der Waals surface area contributed by atoms with E-state index in [2.05, 4.69) is 5.32 Å². The van der Waals surface area contributed by atoms with Gasteiger partial charge in [-0.1, -0.05) is 42.8 Å². The van der Waals surface area contributed by atoms with Gasteiger partial charge in [0.2, 0.25) is 15.9 Å². The van der Waals surface area contributed by atoms with Crippen molar-refractivity contribution >= 4 is 21.6 Å². The van der Waals surface area contributed by atoms with Crippen molar-refractivity contribution in [2.24, 2.45) is 0 Å². The highest BCUT2D eigenvalue weighted by atomic mass is 32.2. The maximum Gasteiger partial charge on any atom is 0.244 e. The van der Waals surface area contributed by atoms with Crippen molar-refractivity contribution in [2.45, 2.75) is 32.9 Å². The third-order valence-corrected chi connectivity index (χ3v) is 5.44. The molecule has 1 amide bonds. The van der Waals surface area contributed by atoms with Gasteiger partial charge in [-0.15, -0.1) is 0 Å². The molecule has 0 unspecified atom stereocenters. The number of sulfonamides is 1. The second-order valence-corrected chi connectivity index (χ2v) is 8.21. The fourth-order valence-electron chi connectivity index (χ4n) is 2.90. The molecule has 1 N–H and O–H groups in total. The smallest absolute Gasteiger partial charge is 0.244 e. The van der Waals surface area contributed by atoms with Gasteiger partial charge in [0.1, 0.15) is 11.8 Å². The molecule has 0 saturated carbocycles. The Kier molecular flexibility index (Phi) is 6.85.